The third-order valence-corrected chi connectivity index (χ3v) is 7.78. The number of aromatic nitrogens is 1. The highest BCUT2D eigenvalue weighted by atomic mass is 16.1. The van der Waals surface area contributed by atoms with Gasteiger partial charge in [-0.1, -0.05) is 92.7 Å². The standard InChI is InChI=1S/C34H25NO/c1-34(2)29-19-23(33(36)22-11-5-3-6-12-22)17-18-25(29)27-21-32-28(20-30(27)34)26-15-9-10-16-31(26)35(32)24-13-7-4-8-14-24/h3-21H,1-2H3. The molecule has 7 rings (SSSR count). The molecule has 0 unspecified atom stereocenters. The van der Waals surface area contributed by atoms with Gasteiger partial charge < -0.3 is 4.57 Å². The van der Waals surface area contributed by atoms with Crippen LogP contribution >= 0.6 is 0 Å². The number of fused-ring (bicyclic) bond motifs is 6. The minimum absolute atomic E-state index is 0.0665. The van der Waals surface area contributed by atoms with Crippen molar-refractivity contribution in [2.45, 2.75) is 19.3 Å². The second kappa shape index (κ2) is 7.53. The van der Waals surface area contributed by atoms with Gasteiger partial charge in [0.2, 0.25) is 0 Å². The number of para-hydroxylation sites is 2. The zero-order chi connectivity index (χ0) is 24.4. The van der Waals surface area contributed by atoms with Crippen molar-refractivity contribution in [3.8, 4) is 16.8 Å². The van der Waals surface area contributed by atoms with Gasteiger partial charge in [0, 0.05) is 33.0 Å². The van der Waals surface area contributed by atoms with Crippen molar-refractivity contribution >= 4 is 27.6 Å². The molecule has 0 aliphatic heterocycles. The van der Waals surface area contributed by atoms with Gasteiger partial charge in [-0.25, -0.2) is 0 Å². The molecule has 36 heavy (non-hydrogen) atoms. The normalized spacial score (nSPS) is 13.6. The highest BCUT2D eigenvalue weighted by Gasteiger charge is 2.37. The predicted octanol–water partition coefficient (Wildman–Crippen LogP) is 8.32. The van der Waals surface area contributed by atoms with Crippen molar-refractivity contribution in [3.63, 3.8) is 0 Å². The van der Waals surface area contributed by atoms with E-state index in [0.29, 0.717) is 0 Å². The topological polar surface area (TPSA) is 22.0 Å². The fraction of sp³-hybridized carbons (Fsp3) is 0.0882. The molecule has 0 N–H and O–H groups in total. The van der Waals surface area contributed by atoms with Crippen molar-refractivity contribution < 1.29 is 4.79 Å². The van der Waals surface area contributed by atoms with Gasteiger partial charge in [-0.05, 0) is 58.7 Å². The molecule has 0 spiro atoms. The van der Waals surface area contributed by atoms with E-state index >= 15 is 0 Å². The molecular weight excluding hydrogens is 438 g/mol. The Bertz CT molecular complexity index is 1810. The number of nitrogens with zero attached hydrogens (tertiary/aromatic N) is 1. The summed E-state index contributed by atoms with van der Waals surface area (Å²) in [6, 6.07) is 39.7. The molecule has 172 valence electrons. The predicted molar refractivity (Wildman–Crippen MR) is 148 cm³/mol. The molecule has 0 bridgehead atoms. The first-order chi connectivity index (χ1) is 17.5. The third kappa shape index (κ3) is 2.88. The lowest BCUT2D eigenvalue weighted by atomic mass is 9.81. The average molecular weight is 464 g/mol. The van der Waals surface area contributed by atoms with E-state index in [9.17, 15) is 4.79 Å². The fourth-order valence-corrected chi connectivity index (χ4v) is 5.95. The Balaban J connectivity index is 1.47. The van der Waals surface area contributed by atoms with Crippen LogP contribution in [0.4, 0.5) is 0 Å². The van der Waals surface area contributed by atoms with Crippen LogP contribution in [0.3, 0.4) is 0 Å². The Morgan fingerprint density at radius 2 is 1.25 bits per heavy atom. The first kappa shape index (κ1) is 20.9. The summed E-state index contributed by atoms with van der Waals surface area (Å²) in [5.74, 6) is 0.0665. The molecule has 1 heterocycles. The number of hydrogen-bond acceptors (Lipinski definition) is 1. The molecule has 0 saturated carbocycles. The molecule has 5 aromatic carbocycles. The number of carbonyl (C=O) groups excluding carboxylic acids is 1. The number of hydrogen-bond donors (Lipinski definition) is 0. The van der Waals surface area contributed by atoms with E-state index in [0.717, 1.165) is 16.8 Å². The van der Waals surface area contributed by atoms with Crippen LogP contribution in [-0.4, -0.2) is 10.4 Å². The molecule has 0 amide bonds. The maximum atomic E-state index is 13.2. The van der Waals surface area contributed by atoms with Crippen molar-refractivity contribution in [1.82, 2.24) is 4.57 Å². The summed E-state index contributed by atoms with van der Waals surface area (Å²) in [6.07, 6.45) is 0. The number of rotatable bonds is 3. The van der Waals surface area contributed by atoms with E-state index in [1.54, 1.807) is 0 Å². The van der Waals surface area contributed by atoms with Gasteiger partial charge in [0.15, 0.2) is 5.78 Å². The molecule has 2 heteroatoms. The Hall–Kier alpha value is -4.43. The van der Waals surface area contributed by atoms with Crippen LogP contribution in [0, 0.1) is 0 Å². The molecule has 0 atom stereocenters. The van der Waals surface area contributed by atoms with Crippen LogP contribution < -0.4 is 0 Å². The maximum Gasteiger partial charge on any atom is 0.193 e. The van der Waals surface area contributed by atoms with Gasteiger partial charge in [-0.15, -0.1) is 0 Å². The van der Waals surface area contributed by atoms with E-state index in [1.807, 2.05) is 36.4 Å². The Kier molecular flexibility index (Phi) is 4.37. The van der Waals surface area contributed by atoms with E-state index in [2.05, 4.69) is 97.3 Å². The average Bonchev–Trinajstić information content (AvgIpc) is 3.36. The number of ketones is 1. The van der Waals surface area contributed by atoms with E-state index in [-0.39, 0.29) is 11.2 Å². The smallest absolute Gasteiger partial charge is 0.193 e. The quantitative estimate of drug-likeness (QED) is 0.242. The van der Waals surface area contributed by atoms with Crippen molar-refractivity contribution in [2.24, 2.45) is 0 Å². The van der Waals surface area contributed by atoms with Gasteiger partial charge in [-0.3, -0.25) is 4.79 Å². The largest absolute Gasteiger partial charge is 0.309 e. The fourth-order valence-electron chi connectivity index (χ4n) is 5.95. The van der Waals surface area contributed by atoms with Gasteiger partial charge in [-0.2, -0.15) is 0 Å². The van der Waals surface area contributed by atoms with Crippen LogP contribution in [-0.2, 0) is 5.41 Å². The maximum absolute atomic E-state index is 13.2. The molecule has 1 aliphatic rings. The monoisotopic (exact) mass is 463 g/mol. The van der Waals surface area contributed by atoms with Crippen LogP contribution in [0.1, 0.15) is 40.9 Å². The summed E-state index contributed by atoms with van der Waals surface area (Å²) in [5, 5.41) is 2.51. The van der Waals surface area contributed by atoms with Gasteiger partial charge >= 0.3 is 0 Å². The molecule has 0 saturated heterocycles. The lowest BCUT2D eigenvalue weighted by molar-refractivity contribution is 0.103. The van der Waals surface area contributed by atoms with Gasteiger partial charge in [0.05, 0.1) is 11.0 Å². The number of carbonyl (C=O) groups is 1. The third-order valence-electron chi connectivity index (χ3n) is 7.78. The van der Waals surface area contributed by atoms with Gasteiger partial charge in [0.25, 0.3) is 0 Å². The van der Waals surface area contributed by atoms with E-state index < -0.39 is 0 Å². The molecular formula is C34H25NO. The molecule has 2 nitrogen and oxygen atoms in total. The van der Waals surface area contributed by atoms with Gasteiger partial charge in [0.1, 0.15) is 0 Å². The molecule has 1 aromatic heterocycles. The number of benzene rings is 5. The Labute approximate surface area is 210 Å². The SMILES string of the molecule is CC1(C)c2cc(C(=O)c3ccccc3)ccc2-c2cc3c(cc21)c1ccccc1n3-c1ccccc1. The molecule has 0 fully saturated rings. The second-order valence-electron chi connectivity index (χ2n) is 10.2. The lowest BCUT2D eigenvalue weighted by Crippen LogP contribution is -2.16. The molecule has 6 aromatic rings. The first-order valence-electron chi connectivity index (χ1n) is 12.4. The minimum atomic E-state index is -0.207. The summed E-state index contributed by atoms with van der Waals surface area (Å²) in [7, 11) is 0. The van der Waals surface area contributed by atoms with Crippen molar-refractivity contribution in [3.05, 3.63) is 138 Å². The summed E-state index contributed by atoms with van der Waals surface area (Å²) < 4.78 is 2.36. The second-order valence-corrected chi connectivity index (χ2v) is 10.2. The Morgan fingerprint density at radius 3 is 2.03 bits per heavy atom. The molecule has 0 radical (unpaired) electrons. The van der Waals surface area contributed by atoms with Crippen LogP contribution in [0.2, 0.25) is 0 Å². The highest BCUT2D eigenvalue weighted by molar-refractivity contribution is 6.12. The summed E-state index contributed by atoms with van der Waals surface area (Å²) in [4.78, 5) is 13.2. The van der Waals surface area contributed by atoms with Crippen LogP contribution in [0.5, 0.6) is 0 Å². The van der Waals surface area contributed by atoms with E-state index in [1.165, 1.54) is 44.1 Å². The zero-order valence-corrected chi connectivity index (χ0v) is 20.3. The van der Waals surface area contributed by atoms with Crippen LogP contribution in [0.25, 0.3) is 38.6 Å². The summed E-state index contributed by atoms with van der Waals surface area (Å²) in [5.41, 5.74) is 9.81. The Morgan fingerprint density at radius 1 is 0.583 bits per heavy atom. The van der Waals surface area contributed by atoms with Crippen LogP contribution in [0.15, 0.2) is 115 Å². The molecule has 1 aliphatic carbocycles. The zero-order valence-electron chi connectivity index (χ0n) is 20.3. The lowest BCUT2D eigenvalue weighted by Gasteiger charge is -2.22. The van der Waals surface area contributed by atoms with E-state index in [4.69, 9.17) is 0 Å². The summed E-state index contributed by atoms with van der Waals surface area (Å²) >= 11 is 0. The first-order valence-corrected chi connectivity index (χ1v) is 12.4. The minimum Gasteiger partial charge on any atom is -0.309 e. The van der Waals surface area contributed by atoms with Crippen molar-refractivity contribution in [2.75, 3.05) is 0 Å². The van der Waals surface area contributed by atoms with Crippen molar-refractivity contribution in [1.29, 1.82) is 0 Å². The highest BCUT2D eigenvalue weighted by Crippen LogP contribution is 2.51. The summed E-state index contributed by atoms with van der Waals surface area (Å²) in [6.45, 7) is 4.55.